The van der Waals surface area contributed by atoms with Crippen LogP contribution in [0.4, 0.5) is 0 Å². The smallest absolute Gasteiger partial charge is 0.372 e. The molecule has 0 bridgehead atoms. The van der Waals surface area contributed by atoms with Crippen LogP contribution in [0.3, 0.4) is 0 Å². The Labute approximate surface area is 197 Å². The van der Waals surface area contributed by atoms with E-state index in [0.29, 0.717) is 0 Å². The maximum absolute atomic E-state index is 6.70. The lowest BCUT2D eigenvalue weighted by atomic mass is 10.4. The van der Waals surface area contributed by atoms with Crippen LogP contribution in [0.1, 0.15) is 55.4 Å². The summed E-state index contributed by atoms with van der Waals surface area (Å²) in [4.78, 5) is 0. The van der Waals surface area contributed by atoms with Gasteiger partial charge in [-0.2, -0.15) is 0 Å². The zero-order chi connectivity index (χ0) is 23.8. The van der Waals surface area contributed by atoms with Gasteiger partial charge in [0.2, 0.25) is 0 Å². The molecule has 0 aliphatic carbocycles. The second kappa shape index (κ2) is 12.3. The first-order valence-electron chi connectivity index (χ1n) is 11.9. The van der Waals surface area contributed by atoms with E-state index >= 15 is 0 Å². The normalized spacial score (nSPS) is 13.0. The van der Waals surface area contributed by atoms with Crippen LogP contribution in [0.25, 0.3) is 0 Å². The lowest BCUT2D eigenvalue weighted by Gasteiger charge is -2.39. The van der Waals surface area contributed by atoms with E-state index < -0.39 is 17.1 Å². The largest absolute Gasteiger partial charge is 0.388 e. The Morgan fingerprint density at radius 2 is 0.719 bits per heavy atom. The van der Waals surface area contributed by atoms with Crippen LogP contribution in [0.5, 0.6) is 0 Å². The summed E-state index contributed by atoms with van der Waals surface area (Å²) >= 11 is 0. The molecule has 0 aliphatic heterocycles. The van der Waals surface area contributed by atoms with Crippen molar-refractivity contribution in [1.29, 1.82) is 0 Å². The minimum Gasteiger partial charge on any atom is -0.388 e. The molecular weight excluding hydrogens is 432 g/mol. The number of hydrogen-bond donors (Lipinski definition) is 0. The van der Waals surface area contributed by atoms with Crippen molar-refractivity contribution in [3.8, 4) is 0 Å². The highest BCUT2D eigenvalue weighted by molar-refractivity contribution is 6.86. The van der Waals surface area contributed by atoms with Gasteiger partial charge in [0.25, 0.3) is 0 Å². The average molecular weight is 475 g/mol. The van der Waals surface area contributed by atoms with Gasteiger partial charge in [-0.05, 0) is 77.9 Å². The molecule has 0 N–H and O–H groups in total. The zero-order valence-corrected chi connectivity index (χ0v) is 23.1. The van der Waals surface area contributed by atoms with Crippen molar-refractivity contribution >= 4 is 27.5 Å². The molecule has 0 saturated carbocycles. The first-order valence-corrected chi connectivity index (χ1v) is 16.0. The highest BCUT2D eigenvalue weighted by Crippen LogP contribution is 2.28. The monoisotopic (exact) mass is 474 g/mol. The topological polar surface area (TPSA) is 36.9 Å². The molecule has 4 nitrogen and oxygen atoms in total. The van der Waals surface area contributed by atoms with Crippen LogP contribution in [0.15, 0.2) is 60.7 Å². The van der Waals surface area contributed by atoms with E-state index in [1.54, 1.807) is 0 Å². The van der Waals surface area contributed by atoms with E-state index in [-0.39, 0.29) is 24.4 Å². The molecule has 0 radical (unpaired) electrons. The van der Waals surface area contributed by atoms with Crippen molar-refractivity contribution in [2.24, 2.45) is 0 Å². The average Bonchev–Trinajstić information content (AvgIpc) is 2.71. The first kappa shape index (κ1) is 27.0. The Morgan fingerprint density at radius 3 is 0.938 bits per heavy atom. The molecule has 0 aromatic heterocycles. The predicted octanol–water partition coefficient (Wildman–Crippen LogP) is 5.39. The Bertz CT molecular complexity index is 691. The minimum atomic E-state index is -2.77. The fourth-order valence-electron chi connectivity index (χ4n) is 4.09. The summed E-state index contributed by atoms with van der Waals surface area (Å²) in [6.07, 6.45) is 0.242. The lowest BCUT2D eigenvalue weighted by Crippen LogP contribution is -2.61. The Balaban J connectivity index is 2.55. The predicted molar refractivity (Wildman–Crippen MR) is 138 cm³/mol. The van der Waals surface area contributed by atoms with E-state index in [4.69, 9.17) is 17.7 Å². The van der Waals surface area contributed by atoms with Gasteiger partial charge in [-0.3, -0.25) is 0 Å². The fraction of sp³-hybridized carbons (Fsp3) is 0.538. The summed E-state index contributed by atoms with van der Waals surface area (Å²) in [6, 6.07) is 22.5. The van der Waals surface area contributed by atoms with Crippen molar-refractivity contribution in [2.75, 3.05) is 0 Å². The Hall–Kier alpha value is -1.29. The van der Waals surface area contributed by atoms with Gasteiger partial charge in [0.15, 0.2) is 0 Å². The summed E-state index contributed by atoms with van der Waals surface area (Å²) in [5.74, 6) is 0. The van der Waals surface area contributed by atoms with Crippen LogP contribution in [0, 0.1) is 0 Å². The SMILES string of the molecule is CC(C)O[Si](CC[Si](OC(C)C)(OC(C)C)c1ccccc1)(OC(C)C)c1ccccc1. The minimum absolute atomic E-state index is 0.0606. The molecule has 0 unspecified atom stereocenters. The second-order valence-electron chi connectivity index (χ2n) is 9.40. The molecular formula is C26H42O4Si2. The molecule has 2 rings (SSSR count). The third-order valence-electron chi connectivity index (χ3n) is 4.91. The Kier molecular flexibility index (Phi) is 10.3. The van der Waals surface area contributed by atoms with Gasteiger partial charge in [-0.1, -0.05) is 60.7 Å². The summed E-state index contributed by atoms with van der Waals surface area (Å²) in [5, 5.41) is 2.32. The summed E-state index contributed by atoms with van der Waals surface area (Å²) in [7, 11) is -5.54. The van der Waals surface area contributed by atoms with E-state index in [9.17, 15) is 0 Å². The molecule has 6 heteroatoms. The molecule has 178 valence electrons. The molecule has 0 saturated heterocycles. The molecule has 0 atom stereocenters. The maximum atomic E-state index is 6.70. The van der Waals surface area contributed by atoms with Crippen LogP contribution in [0.2, 0.25) is 12.1 Å². The van der Waals surface area contributed by atoms with Crippen LogP contribution >= 0.6 is 0 Å². The van der Waals surface area contributed by atoms with Gasteiger partial charge in [0.05, 0.1) is 0 Å². The molecule has 2 aromatic rings. The lowest BCUT2D eigenvalue weighted by molar-refractivity contribution is 0.105. The van der Waals surface area contributed by atoms with Crippen molar-refractivity contribution in [3.05, 3.63) is 60.7 Å². The van der Waals surface area contributed by atoms with E-state index in [2.05, 4.69) is 104 Å². The quantitative estimate of drug-likeness (QED) is 0.365. The van der Waals surface area contributed by atoms with Gasteiger partial charge in [-0.25, -0.2) is 0 Å². The van der Waals surface area contributed by atoms with Crippen LogP contribution in [-0.2, 0) is 17.7 Å². The zero-order valence-electron chi connectivity index (χ0n) is 21.1. The number of hydrogen-bond acceptors (Lipinski definition) is 4. The van der Waals surface area contributed by atoms with E-state index in [0.717, 1.165) is 22.5 Å². The van der Waals surface area contributed by atoms with E-state index in [1.807, 2.05) is 12.1 Å². The molecule has 2 aromatic carbocycles. The highest BCUT2D eigenvalue weighted by Gasteiger charge is 2.49. The van der Waals surface area contributed by atoms with E-state index in [1.165, 1.54) is 0 Å². The highest BCUT2D eigenvalue weighted by atomic mass is 28.4. The van der Waals surface area contributed by atoms with Crippen molar-refractivity contribution in [3.63, 3.8) is 0 Å². The molecule has 0 heterocycles. The van der Waals surface area contributed by atoms with Gasteiger partial charge in [-0.15, -0.1) is 0 Å². The molecule has 0 amide bonds. The maximum Gasteiger partial charge on any atom is 0.372 e. The molecule has 0 spiro atoms. The van der Waals surface area contributed by atoms with Crippen LogP contribution < -0.4 is 10.4 Å². The standard InChI is InChI=1S/C26H42O4Si2/c1-21(2)27-31(28-22(3)4,25-15-11-9-12-16-25)19-20-32(29-23(5)6,30-24(7)8)26-17-13-10-14-18-26/h9-18,21-24H,19-20H2,1-8H3. The second-order valence-corrected chi connectivity index (χ2v) is 15.5. The number of benzene rings is 2. The number of rotatable bonds is 13. The van der Waals surface area contributed by atoms with Crippen molar-refractivity contribution < 1.29 is 17.7 Å². The molecule has 0 aliphatic rings. The van der Waals surface area contributed by atoms with Gasteiger partial charge in [0, 0.05) is 24.4 Å². The Morgan fingerprint density at radius 1 is 0.469 bits per heavy atom. The summed E-state index contributed by atoms with van der Waals surface area (Å²) in [6.45, 7) is 16.7. The first-order chi connectivity index (χ1) is 15.1. The van der Waals surface area contributed by atoms with Crippen LogP contribution in [-0.4, -0.2) is 41.5 Å². The van der Waals surface area contributed by atoms with Gasteiger partial charge in [0.1, 0.15) is 0 Å². The van der Waals surface area contributed by atoms with Gasteiger partial charge >= 0.3 is 17.1 Å². The summed E-state index contributed by atoms with van der Waals surface area (Å²) in [5.41, 5.74) is 0. The third-order valence-corrected chi connectivity index (χ3v) is 13.1. The fourth-order valence-corrected chi connectivity index (χ4v) is 12.9. The van der Waals surface area contributed by atoms with Crippen molar-refractivity contribution in [1.82, 2.24) is 0 Å². The third kappa shape index (κ3) is 7.64. The molecule has 32 heavy (non-hydrogen) atoms. The molecule has 0 fully saturated rings. The van der Waals surface area contributed by atoms with Crippen molar-refractivity contribution in [2.45, 2.75) is 91.9 Å². The summed E-state index contributed by atoms with van der Waals surface area (Å²) < 4.78 is 26.8. The van der Waals surface area contributed by atoms with Gasteiger partial charge < -0.3 is 17.7 Å².